The molecule has 0 amide bonds. The highest BCUT2D eigenvalue weighted by Gasteiger charge is 2.14. The Hall–Kier alpha value is -4.12. The Morgan fingerprint density at radius 1 is 1.07 bits per heavy atom. The van der Waals surface area contributed by atoms with Crippen LogP contribution in [0.4, 0.5) is 10.2 Å². The van der Waals surface area contributed by atoms with Crippen LogP contribution in [0.15, 0.2) is 55.0 Å². The van der Waals surface area contributed by atoms with E-state index in [2.05, 4.69) is 19.9 Å². The highest BCUT2D eigenvalue weighted by Crippen LogP contribution is 2.27. The molecule has 0 unspecified atom stereocenters. The van der Waals surface area contributed by atoms with Crippen LogP contribution < -0.4 is 10.5 Å². The second-order valence-electron chi connectivity index (χ2n) is 5.89. The van der Waals surface area contributed by atoms with E-state index in [1.165, 1.54) is 18.5 Å². The molecule has 0 aliphatic heterocycles. The number of hydrogen-bond donors (Lipinski definition) is 1. The van der Waals surface area contributed by atoms with Gasteiger partial charge in [0, 0.05) is 17.3 Å². The Labute approximate surface area is 159 Å². The number of pyridine rings is 2. The molecule has 3 aromatic heterocycles. The molecule has 0 aliphatic carbocycles. The predicted molar refractivity (Wildman–Crippen MR) is 100 cm³/mol. The third-order valence-corrected chi connectivity index (χ3v) is 4.08. The van der Waals surface area contributed by atoms with Gasteiger partial charge in [0.1, 0.15) is 30.6 Å². The van der Waals surface area contributed by atoms with E-state index in [9.17, 15) is 9.65 Å². The highest BCUT2D eigenvalue weighted by molar-refractivity contribution is 5.80. The zero-order valence-corrected chi connectivity index (χ0v) is 14.5. The molecule has 8 heteroatoms. The van der Waals surface area contributed by atoms with E-state index in [0.717, 1.165) is 0 Å². The first kappa shape index (κ1) is 17.3. The average Bonchev–Trinajstić information content (AvgIpc) is 2.71. The molecule has 4 rings (SSSR count). The summed E-state index contributed by atoms with van der Waals surface area (Å²) in [4.78, 5) is 16.7. The lowest BCUT2D eigenvalue weighted by Gasteiger charge is -2.12. The van der Waals surface area contributed by atoms with Crippen LogP contribution in [-0.2, 0) is 6.61 Å². The molecule has 1 aromatic carbocycles. The molecule has 7 nitrogen and oxygen atoms in total. The van der Waals surface area contributed by atoms with Crippen molar-refractivity contribution in [3.05, 3.63) is 71.9 Å². The number of nitrogens with zero attached hydrogens (tertiary/aromatic N) is 5. The molecular formula is C20H13FN6O. The first-order valence-electron chi connectivity index (χ1n) is 8.29. The first-order valence-corrected chi connectivity index (χ1v) is 8.29. The monoisotopic (exact) mass is 372 g/mol. The summed E-state index contributed by atoms with van der Waals surface area (Å²) in [5.74, 6) is -0.259. The van der Waals surface area contributed by atoms with Gasteiger partial charge in [-0.25, -0.2) is 19.3 Å². The maximum atomic E-state index is 13.8. The molecule has 0 saturated heterocycles. The summed E-state index contributed by atoms with van der Waals surface area (Å²) in [6.07, 6.45) is 2.88. The van der Waals surface area contributed by atoms with Gasteiger partial charge < -0.3 is 10.5 Å². The van der Waals surface area contributed by atoms with E-state index in [1.807, 2.05) is 18.2 Å². The van der Waals surface area contributed by atoms with Crippen LogP contribution in [0, 0.1) is 17.1 Å². The van der Waals surface area contributed by atoms with Crippen LogP contribution in [0.2, 0.25) is 0 Å². The summed E-state index contributed by atoms with van der Waals surface area (Å²) in [6, 6.07) is 13.5. The van der Waals surface area contributed by atoms with E-state index in [0.29, 0.717) is 27.9 Å². The van der Waals surface area contributed by atoms with Gasteiger partial charge in [-0.2, -0.15) is 5.26 Å². The van der Waals surface area contributed by atoms with Crippen molar-refractivity contribution in [3.8, 4) is 23.2 Å². The quantitative estimate of drug-likeness (QED) is 0.585. The summed E-state index contributed by atoms with van der Waals surface area (Å²) in [5.41, 5.74) is 8.92. The number of nitrogens with two attached hydrogens (primary N) is 1. The third-order valence-electron chi connectivity index (χ3n) is 4.08. The van der Waals surface area contributed by atoms with Crippen LogP contribution in [0.3, 0.4) is 0 Å². The van der Waals surface area contributed by atoms with Gasteiger partial charge in [-0.15, -0.1) is 0 Å². The van der Waals surface area contributed by atoms with Crippen LogP contribution in [-0.4, -0.2) is 19.9 Å². The smallest absolute Gasteiger partial charge is 0.237 e. The van der Waals surface area contributed by atoms with Crippen LogP contribution in [0.5, 0.6) is 5.88 Å². The Balaban J connectivity index is 1.78. The maximum absolute atomic E-state index is 13.8. The molecule has 0 atom stereocenters. The topological polar surface area (TPSA) is 111 Å². The van der Waals surface area contributed by atoms with E-state index >= 15 is 0 Å². The molecule has 2 N–H and O–H groups in total. The second kappa shape index (κ2) is 7.25. The summed E-state index contributed by atoms with van der Waals surface area (Å²) < 4.78 is 19.5. The molecule has 0 fully saturated rings. The number of halogens is 1. The Morgan fingerprint density at radius 2 is 1.96 bits per heavy atom. The number of aromatic nitrogens is 4. The fourth-order valence-corrected chi connectivity index (χ4v) is 2.78. The fourth-order valence-electron chi connectivity index (χ4n) is 2.78. The van der Waals surface area contributed by atoms with Crippen molar-refractivity contribution in [2.24, 2.45) is 0 Å². The Kier molecular flexibility index (Phi) is 4.48. The summed E-state index contributed by atoms with van der Waals surface area (Å²) in [5, 5.41) is 9.25. The van der Waals surface area contributed by atoms with Crippen molar-refractivity contribution in [3.63, 3.8) is 0 Å². The number of benzene rings is 1. The minimum atomic E-state index is -0.368. The van der Waals surface area contributed by atoms with E-state index in [1.54, 1.807) is 24.4 Å². The van der Waals surface area contributed by atoms with Gasteiger partial charge in [-0.05, 0) is 30.3 Å². The van der Waals surface area contributed by atoms with Crippen LogP contribution in [0.1, 0.15) is 11.1 Å². The molecule has 3 heterocycles. The van der Waals surface area contributed by atoms with Gasteiger partial charge in [0.2, 0.25) is 5.88 Å². The minimum absolute atomic E-state index is 0.0381. The summed E-state index contributed by atoms with van der Waals surface area (Å²) in [7, 11) is 0. The number of nitriles is 1. The number of anilines is 1. The van der Waals surface area contributed by atoms with Crippen molar-refractivity contribution in [1.29, 1.82) is 5.26 Å². The van der Waals surface area contributed by atoms with Gasteiger partial charge in [0.05, 0.1) is 16.7 Å². The van der Waals surface area contributed by atoms with Crippen molar-refractivity contribution in [2.45, 2.75) is 6.61 Å². The molecule has 0 bridgehead atoms. The lowest BCUT2D eigenvalue weighted by atomic mass is 10.0. The molecule has 28 heavy (non-hydrogen) atoms. The molecule has 0 spiro atoms. The fraction of sp³-hybridized carbons (Fsp3) is 0.0500. The SMILES string of the molecule is N#Cc1c(N)ncnc1OCc1cc2ncccc2nc1-c1cccc(F)c1. The van der Waals surface area contributed by atoms with Gasteiger partial charge in [0.15, 0.2) is 5.56 Å². The number of hydrogen-bond acceptors (Lipinski definition) is 7. The standard InChI is InChI=1S/C20H13FN6O/c21-14-4-1-3-12(7-14)18-13(8-17-16(27-18)5-2-6-24-17)10-28-20-15(9-22)19(23)25-11-26-20/h1-8,11H,10H2,(H2,23,25,26). The zero-order chi connectivity index (χ0) is 19.5. The zero-order valence-electron chi connectivity index (χ0n) is 14.5. The van der Waals surface area contributed by atoms with Gasteiger partial charge in [-0.3, -0.25) is 4.98 Å². The number of rotatable bonds is 4. The molecule has 0 saturated carbocycles. The molecule has 0 radical (unpaired) electrons. The summed E-state index contributed by atoms with van der Waals surface area (Å²) in [6.45, 7) is 0.0382. The largest absolute Gasteiger partial charge is 0.472 e. The maximum Gasteiger partial charge on any atom is 0.237 e. The lowest BCUT2D eigenvalue weighted by molar-refractivity contribution is 0.293. The van der Waals surface area contributed by atoms with Crippen LogP contribution in [0.25, 0.3) is 22.3 Å². The normalized spacial score (nSPS) is 10.6. The van der Waals surface area contributed by atoms with Gasteiger partial charge in [0.25, 0.3) is 0 Å². The van der Waals surface area contributed by atoms with Crippen LogP contribution >= 0.6 is 0 Å². The van der Waals surface area contributed by atoms with Crippen molar-refractivity contribution >= 4 is 16.9 Å². The van der Waals surface area contributed by atoms with E-state index in [4.69, 9.17) is 10.5 Å². The Morgan fingerprint density at radius 3 is 2.79 bits per heavy atom. The van der Waals surface area contributed by atoms with Gasteiger partial charge in [-0.1, -0.05) is 12.1 Å². The second-order valence-corrected chi connectivity index (χ2v) is 5.89. The third kappa shape index (κ3) is 3.29. The highest BCUT2D eigenvalue weighted by atomic mass is 19.1. The first-order chi connectivity index (χ1) is 13.7. The van der Waals surface area contributed by atoms with Crippen molar-refractivity contribution in [1.82, 2.24) is 19.9 Å². The van der Waals surface area contributed by atoms with E-state index in [-0.39, 0.29) is 29.7 Å². The lowest BCUT2D eigenvalue weighted by Crippen LogP contribution is -2.05. The average molecular weight is 372 g/mol. The molecule has 0 aliphatic rings. The molecule has 4 aromatic rings. The van der Waals surface area contributed by atoms with Crippen molar-refractivity contribution in [2.75, 3.05) is 5.73 Å². The van der Waals surface area contributed by atoms with Crippen molar-refractivity contribution < 1.29 is 9.13 Å². The number of nitrogen functional groups attached to an aromatic ring is 1. The predicted octanol–water partition coefficient (Wildman–Crippen LogP) is 3.26. The Bertz CT molecular complexity index is 1220. The number of ether oxygens (including phenoxy) is 1. The molecular weight excluding hydrogens is 359 g/mol. The van der Waals surface area contributed by atoms with Gasteiger partial charge >= 0.3 is 0 Å². The molecule has 136 valence electrons. The minimum Gasteiger partial charge on any atom is -0.472 e. The number of fused-ring (bicyclic) bond motifs is 1. The summed E-state index contributed by atoms with van der Waals surface area (Å²) >= 11 is 0. The van der Waals surface area contributed by atoms with E-state index < -0.39 is 0 Å².